The Morgan fingerprint density at radius 2 is 1.96 bits per heavy atom. The predicted molar refractivity (Wildman–Crippen MR) is 99.1 cm³/mol. The van der Waals surface area contributed by atoms with Gasteiger partial charge in [0.2, 0.25) is 5.95 Å². The lowest BCUT2D eigenvalue weighted by molar-refractivity contribution is -0.111. The average Bonchev–Trinajstić information content (AvgIpc) is 2.59. The quantitative estimate of drug-likeness (QED) is 0.855. The molecule has 0 radical (unpaired) electrons. The molecule has 0 saturated carbocycles. The maximum Gasteiger partial charge on any atom is 0.250 e. The van der Waals surface area contributed by atoms with Crippen LogP contribution in [0.25, 0.3) is 6.08 Å². The Balaban J connectivity index is 1.69. The Labute approximate surface area is 152 Å². The van der Waals surface area contributed by atoms with Crippen molar-refractivity contribution >= 4 is 23.7 Å². The first kappa shape index (κ1) is 17.8. The highest BCUT2D eigenvalue weighted by atomic mass is 16.5. The molecule has 3 rings (SSSR count). The summed E-state index contributed by atoms with van der Waals surface area (Å²) in [6, 6.07) is 7.35. The van der Waals surface area contributed by atoms with Crippen LogP contribution in [0.4, 0.5) is 5.95 Å². The van der Waals surface area contributed by atoms with Gasteiger partial charge in [0.1, 0.15) is 5.75 Å². The predicted octanol–water partition coefficient (Wildman–Crippen LogP) is 3.29. The second-order valence-corrected chi connectivity index (χ2v) is 7.09. The van der Waals surface area contributed by atoms with Crippen LogP contribution in [0.1, 0.15) is 41.9 Å². The number of ketones is 1. The van der Waals surface area contributed by atoms with Crippen LogP contribution in [0.3, 0.4) is 0 Å². The van der Waals surface area contributed by atoms with E-state index in [1.165, 1.54) is 12.3 Å². The topological polar surface area (TPSA) is 81.2 Å². The fourth-order valence-corrected chi connectivity index (χ4v) is 2.93. The summed E-state index contributed by atoms with van der Waals surface area (Å²) >= 11 is 0. The fourth-order valence-electron chi connectivity index (χ4n) is 2.93. The number of carbonyl (C=O) groups is 2. The van der Waals surface area contributed by atoms with Crippen LogP contribution in [0.2, 0.25) is 0 Å². The molecule has 134 valence electrons. The summed E-state index contributed by atoms with van der Waals surface area (Å²) in [6.07, 6.45) is 5.78. The van der Waals surface area contributed by atoms with Gasteiger partial charge in [-0.3, -0.25) is 14.9 Å². The van der Waals surface area contributed by atoms with Crippen molar-refractivity contribution in [3.63, 3.8) is 0 Å². The minimum Gasteiger partial charge on any atom is -0.497 e. The molecule has 2 aromatic rings. The molecule has 0 atom stereocenters. The number of methoxy groups -OCH3 is 1. The summed E-state index contributed by atoms with van der Waals surface area (Å²) in [5, 5.41) is 2.64. The average molecular weight is 351 g/mol. The van der Waals surface area contributed by atoms with E-state index in [1.54, 1.807) is 13.2 Å². The number of fused-ring (bicyclic) bond motifs is 1. The van der Waals surface area contributed by atoms with Crippen molar-refractivity contribution in [2.75, 3.05) is 12.4 Å². The number of anilines is 1. The number of Topliss-reactive ketones (excluding diaryl/α,β-unsaturated/α-hetero) is 1. The molecule has 1 aromatic heterocycles. The number of benzene rings is 1. The lowest BCUT2D eigenvalue weighted by Crippen LogP contribution is -2.28. The van der Waals surface area contributed by atoms with E-state index in [1.807, 2.05) is 38.1 Å². The van der Waals surface area contributed by atoms with Crippen LogP contribution < -0.4 is 10.1 Å². The van der Waals surface area contributed by atoms with E-state index in [-0.39, 0.29) is 23.1 Å². The molecule has 6 nitrogen and oxygen atoms in total. The molecule has 1 aromatic carbocycles. The Kier molecular flexibility index (Phi) is 4.84. The van der Waals surface area contributed by atoms with Gasteiger partial charge < -0.3 is 4.74 Å². The molecule has 1 aliphatic carbocycles. The van der Waals surface area contributed by atoms with Crippen LogP contribution in [0, 0.1) is 5.41 Å². The zero-order valence-corrected chi connectivity index (χ0v) is 15.1. The molecule has 26 heavy (non-hydrogen) atoms. The minimum absolute atomic E-state index is 0.0496. The molecule has 0 spiro atoms. The molecule has 1 aliphatic rings. The van der Waals surface area contributed by atoms with E-state index in [2.05, 4.69) is 15.3 Å². The Bertz CT molecular complexity index is 870. The van der Waals surface area contributed by atoms with E-state index < -0.39 is 0 Å². The van der Waals surface area contributed by atoms with Gasteiger partial charge in [-0.2, -0.15) is 0 Å². The minimum atomic E-state index is -0.331. The number of ether oxygens (including phenoxy) is 1. The van der Waals surface area contributed by atoms with Crippen molar-refractivity contribution in [1.29, 1.82) is 0 Å². The van der Waals surface area contributed by atoms with E-state index in [4.69, 9.17) is 4.74 Å². The van der Waals surface area contributed by atoms with Gasteiger partial charge in [0, 0.05) is 18.7 Å². The summed E-state index contributed by atoms with van der Waals surface area (Å²) in [5.41, 5.74) is 1.99. The normalized spacial score (nSPS) is 15.6. The molecule has 0 bridgehead atoms. The number of carbonyl (C=O) groups excluding carboxylic acids is 2. The van der Waals surface area contributed by atoms with Crippen molar-refractivity contribution in [1.82, 2.24) is 9.97 Å². The van der Waals surface area contributed by atoms with Crippen molar-refractivity contribution in [2.24, 2.45) is 5.41 Å². The molecule has 1 N–H and O–H groups in total. The third-order valence-corrected chi connectivity index (χ3v) is 4.23. The third kappa shape index (κ3) is 4.14. The van der Waals surface area contributed by atoms with Gasteiger partial charge in [-0.05, 0) is 35.6 Å². The monoisotopic (exact) mass is 351 g/mol. The van der Waals surface area contributed by atoms with Gasteiger partial charge in [-0.25, -0.2) is 9.97 Å². The fraction of sp³-hybridized carbons (Fsp3) is 0.300. The zero-order chi connectivity index (χ0) is 18.7. The largest absolute Gasteiger partial charge is 0.497 e. The van der Waals surface area contributed by atoms with Crippen LogP contribution in [-0.4, -0.2) is 28.8 Å². The maximum absolute atomic E-state index is 12.2. The second kappa shape index (κ2) is 7.07. The summed E-state index contributed by atoms with van der Waals surface area (Å²) in [6.45, 7) is 4.07. The number of amides is 1. The lowest BCUT2D eigenvalue weighted by atomic mass is 9.76. The first-order valence-electron chi connectivity index (χ1n) is 8.38. The zero-order valence-electron chi connectivity index (χ0n) is 15.1. The van der Waals surface area contributed by atoms with Gasteiger partial charge in [0.05, 0.1) is 18.4 Å². The number of nitrogens with zero attached hydrogens (tertiary/aromatic N) is 2. The van der Waals surface area contributed by atoms with Crippen LogP contribution in [0.15, 0.2) is 36.5 Å². The van der Waals surface area contributed by atoms with Crippen LogP contribution >= 0.6 is 0 Å². The van der Waals surface area contributed by atoms with Gasteiger partial charge in [-0.1, -0.05) is 26.0 Å². The Hall–Kier alpha value is -3.02. The highest BCUT2D eigenvalue weighted by Gasteiger charge is 2.32. The third-order valence-electron chi connectivity index (χ3n) is 4.23. The van der Waals surface area contributed by atoms with E-state index in [0.717, 1.165) is 11.3 Å². The van der Waals surface area contributed by atoms with Gasteiger partial charge >= 0.3 is 0 Å². The summed E-state index contributed by atoms with van der Waals surface area (Å²) < 4.78 is 5.10. The Morgan fingerprint density at radius 3 is 2.65 bits per heavy atom. The van der Waals surface area contributed by atoms with Gasteiger partial charge in [0.25, 0.3) is 5.91 Å². The van der Waals surface area contributed by atoms with E-state index >= 15 is 0 Å². The van der Waals surface area contributed by atoms with Gasteiger partial charge in [-0.15, -0.1) is 0 Å². The molecular formula is C20H21N3O3. The molecule has 1 heterocycles. The van der Waals surface area contributed by atoms with E-state index in [9.17, 15) is 9.59 Å². The summed E-state index contributed by atoms with van der Waals surface area (Å²) in [5.74, 6) is 0.681. The standard InChI is InChI=1S/C20H21N3O3/c1-20(2)10-16-15(17(24)11-20)12-21-19(22-16)23-18(25)9-6-13-4-7-14(26-3)8-5-13/h4-9,12H,10-11H2,1-3H3,(H,21,22,23,25). The van der Waals surface area contributed by atoms with Crippen molar-refractivity contribution in [2.45, 2.75) is 26.7 Å². The summed E-state index contributed by atoms with van der Waals surface area (Å²) in [4.78, 5) is 32.7. The molecule has 0 unspecified atom stereocenters. The molecule has 0 saturated heterocycles. The highest BCUT2D eigenvalue weighted by molar-refractivity contribution is 6.01. The molecule has 1 amide bonds. The number of hydrogen-bond acceptors (Lipinski definition) is 5. The summed E-state index contributed by atoms with van der Waals surface area (Å²) in [7, 11) is 1.60. The SMILES string of the molecule is COc1ccc(C=CC(=O)Nc2ncc3c(n2)CC(C)(C)CC3=O)cc1. The van der Waals surface area contributed by atoms with Crippen LogP contribution in [0.5, 0.6) is 5.75 Å². The smallest absolute Gasteiger partial charge is 0.250 e. The lowest BCUT2D eigenvalue weighted by Gasteiger charge is -2.29. The molecule has 0 aliphatic heterocycles. The van der Waals surface area contributed by atoms with Crippen LogP contribution in [-0.2, 0) is 11.2 Å². The number of rotatable bonds is 4. The first-order chi connectivity index (χ1) is 12.4. The second-order valence-electron chi connectivity index (χ2n) is 7.09. The number of hydrogen-bond donors (Lipinski definition) is 1. The molecular weight excluding hydrogens is 330 g/mol. The van der Waals surface area contributed by atoms with Crippen molar-refractivity contribution in [3.8, 4) is 5.75 Å². The number of nitrogens with one attached hydrogen (secondary N) is 1. The van der Waals surface area contributed by atoms with Crippen molar-refractivity contribution in [3.05, 3.63) is 53.4 Å². The molecule has 0 fully saturated rings. The first-order valence-corrected chi connectivity index (χ1v) is 8.38. The van der Waals surface area contributed by atoms with E-state index in [0.29, 0.717) is 24.1 Å². The van der Waals surface area contributed by atoms with Crippen molar-refractivity contribution < 1.29 is 14.3 Å². The maximum atomic E-state index is 12.2. The highest BCUT2D eigenvalue weighted by Crippen LogP contribution is 2.33. The Morgan fingerprint density at radius 1 is 1.23 bits per heavy atom. The van der Waals surface area contributed by atoms with Gasteiger partial charge in [0.15, 0.2) is 5.78 Å². The molecule has 6 heteroatoms. The number of aromatic nitrogens is 2.